The van der Waals surface area contributed by atoms with Crippen molar-refractivity contribution < 1.29 is 13.9 Å². The fourth-order valence-corrected chi connectivity index (χ4v) is 6.43. The first-order valence-electron chi connectivity index (χ1n) is 15.2. The summed E-state index contributed by atoms with van der Waals surface area (Å²) in [5.41, 5.74) is 11.1. The number of hydrogen-bond acceptors (Lipinski definition) is 5. The Morgan fingerprint density at radius 1 is 0.952 bits per heavy atom. The smallest absolute Gasteiger partial charge is 0.239 e. The number of piperidine rings is 1. The lowest BCUT2D eigenvalue weighted by Gasteiger charge is -2.39. The molecule has 2 N–H and O–H groups in total. The molecule has 1 atom stereocenters. The molecule has 0 spiro atoms. The normalized spacial score (nSPS) is 17.8. The van der Waals surface area contributed by atoms with Crippen LogP contribution >= 0.6 is 11.6 Å². The molecule has 3 aromatic rings. The number of carbonyl (C=O) groups is 1. The topological polar surface area (TPSA) is 62.0 Å². The Labute approximate surface area is 254 Å². The van der Waals surface area contributed by atoms with Crippen LogP contribution in [0.15, 0.2) is 66.7 Å². The van der Waals surface area contributed by atoms with Gasteiger partial charge in [-0.1, -0.05) is 48.0 Å². The SMILES string of the molecule is CCOc1ccc(F)cc1CN1CCN(C(=O)[C@H](N)C2CCN(CCc3cc(Cl)ccc3-c3ccccc3)CC2)CC1. The standard InChI is InChI=1S/C34H42ClFN4O2/c1-2-42-32-11-9-30(36)23-28(32)24-39-18-20-40(21-19-39)34(41)33(37)26-12-15-38(16-13-26)17-14-27-22-29(35)8-10-31(27)25-6-4-3-5-7-25/h3-11,22-23,26,33H,2,12-21,24,37H2,1H3/t33-/m1/s1. The molecule has 3 aromatic carbocycles. The number of nitrogens with zero attached hydrogens (tertiary/aromatic N) is 3. The summed E-state index contributed by atoms with van der Waals surface area (Å²) in [6.45, 7) is 8.62. The van der Waals surface area contributed by atoms with Gasteiger partial charge < -0.3 is 20.3 Å². The van der Waals surface area contributed by atoms with Crippen LogP contribution in [-0.2, 0) is 17.8 Å². The van der Waals surface area contributed by atoms with Crippen LogP contribution in [0.25, 0.3) is 11.1 Å². The molecule has 2 heterocycles. The molecular weight excluding hydrogens is 551 g/mol. The summed E-state index contributed by atoms with van der Waals surface area (Å²) in [6.07, 6.45) is 2.77. The van der Waals surface area contributed by atoms with Gasteiger partial charge in [0.05, 0.1) is 12.6 Å². The highest BCUT2D eigenvalue weighted by molar-refractivity contribution is 6.30. The van der Waals surface area contributed by atoms with Crippen LogP contribution in [0.4, 0.5) is 4.39 Å². The van der Waals surface area contributed by atoms with E-state index in [1.165, 1.54) is 22.8 Å². The fourth-order valence-electron chi connectivity index (χ4n) is 6.23. The minimum Gasteiger partial charge on any atom is -0.494 e. The molecule has 0 aliphatic carbocycles. The number of benzene rings is 3. The molecule has 5 rings (SSSR count). The van der Waals surface area contributed by atoms with Crippen molar-refractivity contribution in [1.29, 1.82) is 0 Å². The summed E-state index contributed by atoms with van der Waals surface area (Å²) >= 11 is 6.36. The lowest BCUT2D eigenvalue weighted by molar-refractivity contribution is -0.136. The van der Waals surface area contributed by atoms with Crippen molar-refractivity contribution >= 4 is 17.5 Å². The van der Waals surface area contributed by atoms with Crippen LogP contribution in [0, 0.1) is 11.7 Å². The van der Waals surface area contributed by atoms with Crippen molar-refractivity contribution in [3.8, 4) is 16.9 Å². The minimum atomic E-state index is -0.468. The highest BCUT2D eigenvalue weighted by Gasteiger charge is 2.33. The second kappa shape index (κ2) is 14.5. The summed E-state index contributed by atoms with van der Waals surface area (Å²) in [4.78, 5) is 20.0. The van der Waals surface area contributed by atoms with Crippen molar-refractivity contribution in [3.63, 3.8) is 0 Å². The Morgan fingerprint density at radius 3 is 2.40 bits per heavy atom. The maximum absolute atomic E-state index is 13.9. The van der Waals surface area contributed by atoms with E-state index in [4.69, 9.17) is 22.1 Å². The van der Waals surface area contributed by atoms with E-state index in [0.717, 1.165) is 68.3 Å². The summed E-state index contributed by atoms with van der Waals surface area (Å²) in [5.74, 6) is 0.704. The van der Waals surface area contributed by atoms with E-state index in [1.54, 1.807) is 12.1 Å². The van der Waals surface area contributed by atoms with Crippen molar-refractivity contribution in [2.45, 2.75) is 38.8 Å². The Morgan fingerprint density at radius 2 is 1.69 bits per heavy atom. The quantitative estimate of drug-likeness (QED) is 0.338. The van der Waals surface area contributed by atoms with Crippen LogP contribution in [0.2, 0.25) is 5.02 Å². The molecule has 0 unspecified atom stereocenters. The zero-order valence-corrected chi connectivity index (χ0v) is 25.2. The van der Waals surface area contributed by atoms with E-state index in [9.17, 15) is 9.18 Å². The van der Waals surface area contributed by atoms with Gasteiger partial charge >= 0.3 is 0 Å². The zero-order chi connectivity index (χ0) is 29.5. The van der Waals surface area contributed by atoms with Gasteiger partial charge in [-0.3, -0.25) is 9.69 Å². The molecule has 8 heteroatoms. The van der Waals surface area contributed by atoms with Crippen molar-refractivity contribution in [2.24, 2.45) is 11.7 Å². The van der Waals surface area contributed by atoms with Crippen LogP contribution in [0.1, 0.15) is 30.9 Å². The largest absolute Gasteiger partial charge is 0.494 e. The summed E-state index contributed by atoms with van der Waals surface area (Å²) < 4.78 is 19.5. The first-order valence-corrected chi connectivity index (χ1v) is 15.5. The van der Waals surface area contributed by atoms with E-state index in [-0.39, 0.29) is 17.6 Å². The molecule has 224 valence electrons. The number of halogens is 2. The minimum absolute atomic E-state index is 0.0558. The lowest BCUT2D eigenvalue weighted by atomic mass is 9.88. The number of carbonyl (C=O) groups excluding carboxylic acids is 1. The highest BCUT2D eigenvalue weighted by atomic mass is 35.5. The van der Waals surface area contributed by atoms with E-state index < -0.39 is 6.04 Å². The molecule has 0 radical (unpaired) electrons. The predicted molar refractivity (Wildman–Crippen MR) is 167 cm³/mol. The van der Waals surface area contributed by atoms with E-state index in [1.807, 2.05) is 24.0 Å². The van der Waals surface area contributed by atoms with Crippen molar-refractivity contribution in [1.82, 2.24) is 14.7 Å². The maximum atomic E-state index is 13.9. The van der Waals surface area contributed by atoms with Gasteiger partial charge in [0, 0.05) is 49.9 Å². The Hall–Kier alpha value is -2.97. The first-order chi connectivity index (χ1) is 20.4. The van der Waals surface area contributed by atoms with E-state index in [0.29, 0.717) is 26.2 Å². The third-order valence-corrected chi connectivity index (χ3v) is 8.91. The number of amides is 1. The zero-order valence-electron chi connectivity index (χ0n) is 24.5. The van der Waals surface area contributed by atoms with Gasteiger partial charge in [-0.15, -0.1) is 0 Å². The summed E-state index contributed by atoms with van der Waals surface area (Å²) in [5, 5.41) is 0.762. The number of rotatable bonds is 10. The summed E-state index contributed by atoms with van der Waals surface area (Å²) in [7, 11) is 0. The summed E-state index contributed by atoms with van der Waals surface area (Å²) in [6, 6.07) is 20.8. The molecule has 0 aromatic heterocycles. The molecular formula is C34H42ClFN4O2. The Balaban J connectivity index is 1.08. The van der Waals surface area contributed by atoms with E-state index >= 15 is 0 Å². The number of ether oxygens (including phenoxy) is 1. The number of hydrogen-bond donors (Lipinski definition) is 1. The van der Waals surface area contributed by atoms with E-state index in [2.05, 4.69) is 46.2 Å². The monoisotopic (exact) mass is 592 g/mol. The Bertz CT molecular complexity index is 1320. The van der Waals surface area contributed by atoms with Crippen LogP contribution < -0.4 is 10.5 Å². The van der Waals surface area contributed by atoms with Crippen LogP contribution in [0.3, 0.4) is 0 Å². The molecule has 2 aliphatic rings. The van der Waals surface area contributed by atoms with Gasteiger partial charge in [0.25, 0.3) is 0 Å². The van der Waals surface area contributed by atoms with Gasteiger partial charge in [0.15, 0.2) is 0 Å². The van der Waals surface area contributed by atoms with Crippen molar-refractivity contribution in [2.75, 3.05) is 52.4 Å². The van der Waals surface area contributed by atoms with Gasteiger partial charge in [0.2, 0.25) is 5.91 Å². The number of likely N-dealkylation sites (tertiary alicyclic amines) is 1. The third-order valence-electron chi connectivity index (χ3n) is 8.67. The third kappa shape index (κ3) is 7.70. The molecule has 2 saturated heterocycles. The maximum Gasteiger partial charge on any atom is 0.239 e. The van der Waals surface area contributed by atoms with Crippen LogP contribution in [-0.4, -0.2) is 79.1 Å². The second-order valence-corrected chi connectivity index (χ2v) is 11.8. The highest BCUT2D eigenvalue weighted by Crippen LogP contribution is 2.28. The molecule has 42 heavy (non-hydrogen) atoms. The Kier molecular flexibility index (Phi) is 10.5. The van der Waals surface area contributed by atoms with Gasteiger partial charge in [-0.25, -0.2) is 4.39 Å². The van der Waals surface area contributed by atoms with Gasteiger partial charge in [0.1, 0.15) is 11.6 Å². The fraction of sp³-hybridized carbons (Fsp3) is 0.441. The van der Waals surface area contributed by atoms with Crippen LogP contribution in [0.5, 0.6) is 5.75 Å². The van der Waals surface area contributed by atoms with Crippen molar-refractivity contribution in [3.05, 3.63) is 88.7 Å². The number of piperazine rings is 1. The average Bonchev–Trinajstić information content (AvgIpc) is 3.02. The van der Waals surface area contributed by atoms with Gasteiger partial charge in [-0.05, 0) is 92.2 Å². The lowest BCUT2D eigenvalue weighted by Crippen LogP contribution is -2.55. The predicted octanol–water partition coefficient (Wildman–Crippen LogP) is 5.47. The first kappa shape index (κ1) is 30.5. The molecule has 2 aliphatic heterocycles. The average molecular weight is 593 g/mol. The molecule has 0 saturated carbocycles. The second-order valence-electron chi connectivity index (χ2n) is 11.4. The molecule has 6 nitrogen and oxygen atoms in total. The number of nitrogens with two attached hydrogens (primary N) is 1. The molecule has 1 amide bonds. The molecule has 2 fully saturated rings. The van der Waals surface area contributed by atoms with Gasteiger partial charge in [-0.2, -0.15) is 0 Å². The molecule has 0 bridgehead atoms.